The molecule has 0 unspecified atom stereocenters. The molecule has 0 saturated carbocycles. The number of hydrogen-bond acceptors (Lipinski definition) is 4. The van der Waals surface area contributed by atoms with Gasteiger partial charge in [0.15, 0.2) is 0 Å². The quantitative estimate of drug-likeness (QED) is 0.604. The highest BCUT2D eigenvalue weighted by Gasteiger charge is 1.95. The summed E-state index contributed by atoms with van der Waals surface area (Å²) < 4.78 is 0. The molecule has 1 aromatic rings. The first kappa shape index (κ1) is 10.9. The van der Waals surface area contributed by atoms with Gasteiger partial charge in [-0.15, -0.1) is 0 Å². The largest absolute Gasteiger partial charge is 0.396 e. The average Bonchev–Trinajstić information content (AvgIpc) is 2.15. The topological polar surface area (TPSA) is 33.1 Å². The molecule has 4 heteroatoms. The zero-order valence-electron chi connectivity index (χ0n) is 7.56. The Morgan fingerprint density at radius 2 is 2.31 bits per heavy atom. The van der Waals surface area contributed by atoms with Crippen molar-refractivity contribution >= 4 is 21.6 Å². The van der Waals surface area contributed by atoms with E-state index in [4.69, 9.17) is 5.11 Å². The van der Waals surface area contributed by atoms with Gasteiger partial charge in [0.2, 0.25) is 0 Å². The molecule has 13 heavy (non-hydrogen) atoms. The van der Waals surface area contributed by atoms with Crippen molar-refractivity contribution in [2.24, 2.45) is 0 Å². The van der Waals surface area contributed by atoms with E-state index in [1.54, 1.807) is 21.6 Å². The van der Waals surface area contributed by atoms with Crippen LogP contribution in [0.3, 0.4) is 0 Å². The monoisotopic (exact) mass is 215 g/mol. The maximum Gasteiger partial charge on any atom is 0.106 e. The predicted molar refractivity (Wildman–Crippen MR) is 59.0 cm³/mol. The molecular formula is C9H13NOS2. The van der Waals surface area contributed by atoms with Crippen LogP contribution in [0.5, 0.6) is 0 Å². The first-order valence-corrected chi connectivity index (χ1v) is 6.48. The number of pyridine rings is 1. The van der Waals surface area contributed by atoms with Crippen LogP contribution in [0.1, 0.15) is 12.0 Å². The van der Waals surface area contributed by atoms with E-state index in [9.17, 15) is 0 Å². The maximum atomic E-state index is 8.56. The van der Waals surface area contributed by atoms with Crippen LogP contribution in [0, 0.1) is 6.92 Å². The van der Waals surface area contributed by atoms with Crippen molar-refractivity contribution in [1.82, 2.24) is 4.98 Å². The molecular weight excluding hydrogens is 202 g/mol. The van der Waals surface area contributed by atoms with Crippen LogP contribution in [0.25, 0.3) is 0 Å². The van der Waals surface area contributed by atoms with Crippen molar-refractivity contribution in [3.05, 3.63) is 23.9 Å². The molecule has 0 atom stereocenters. The van der Waals surface area contributed by atoms with Gasteiger partial charge >= 0.3 is 0 Å². The van der Waals surface area contributed by atoms with Gasteiger partial charge in [0.05, 0.1) is 0 Å². The highest BCUT2D eigenvalue weighted by atomic mass is 33.1. The van der Waals surface area contributed by atoms with Crippen LogP contribution in [-0.2, 0) is 0 Å². The van der Waals surface area contributed by atoms with Crippen LogP contribution in [-0.4, -0.2) is 22.5 Å². The molecule has 0 aliphatic carbocycles. The second-order valence-electron chi connectivity index (χ2n) is 2.66. The zero-order valence-corrected chi connectivity index (χ0v) is 9.20. The van der Waals surface area contributed by atoms with Gasteiger partial charge in [-0.05, 0) is 35.8 Å². The third-order valence-corrected chi connectivity index (χ3v) is 3.77. The van der Waals surface area contributed by atoms with Crippen molar-refractivity contribution in [2.75, 3.05) is 12.4 Å². The highest BCUT2D eigenvalue weighted by molar-refractivity contribution is 8.76. The molecule has 0 bridgehead atoms. The molecule has 1 rings (SSSR count). The lowest BCUT2D eigenvalue weighted by Gasteiger charge is -1.99. The lowest BCUT2D eigenvalue weighted by Crippen LogP contribution is -1.83. The summed E-state index contributed by atoms with van der Waals surface area (Å²) in [5, 5.41) is 9.60. The molecule has 1 N–H and O–H groups in total. The predicted octanol–water partition coefficient (Wildman–Crippen LogP) is 2.51. The minimum atomic E-state index is 0.273. The fourth-order valence-electron chi connectivity index (χ4n) is 0.729. The molecule has 0 amide bonds. The van der Waals surface area contributed by atoms with Crippen molar-refractivity contribution in [3.8, 4) is 0 Å². The summed E-state index contributed by atoms with van der Waals surface area (Å²) in [5.41, 5.74) is 1.18. The van der Waals surface area contributed by atoms with Crippen molar-refractivity contribution < 1.29 is 5.11 Å². The van der Waals surface area contributed by atoms with E-state index < -0.39 is 0 Å². The van der Waals surface area contributed by atoms with Crippen LogP contribution in [0.15, 0.2) is 23.4 Å². The molecule has 1 aromatic heterocycles. The van der Waals surface area contributed by atoms with Gasteiger partial charge in [0.25, 0.3) is 0 Å². The van der Waals surface area contributed by atoms with Gasteiger partial charge in [0, 0.05) is 18.6 Å². The number of aromatic nitrogens is 1. The normalized spacial score (nSPS) is 10.3. The number of aliphatic hydroxyl groups is 1. The summed E-state index contributed by atoms with van der Waals surface area (Å²) in [7, 11) is 3.39. The second-order valence-corrected chi connectivity index (χ2v) is 5.09. The first-order chi connectivity index (χ1) is 6.33. The molecule has 0 radical (unpaired) electrons. The van der Waals surface area contributed by atoms with Gasteiger partial charge in [0.1, 0.15) is 5.03 Å². The van der Waals surface area contributed by atoms with Crippen LogP contribution in [0.2, 0.25) is 0 Å². The Morgan fingerprint density at radius 1 is 1.46 bits per heavy atom. The summed E-state index contributed by atoms with van der Waals surface area (Å²) >= 11 is 0. The van der Waals surface area contributed by atoms with E-state index in [0.717, 1.165) is 17.2 Å². The second kappa shape index (κ2) is 6.29. The number of aryl methyl sites for hydroxylation is 1. The number of hydrogen-bond donors (Lipinski definition) is 1. The minimum absolute atomic E-state index is 0.273. The van der Waals surface area contributed by atoms with Gasteiger partial charge in [-0.2, -0.15) is 0 Å². The Labute approximate surface area is 86.6 Å². The Kier molecular flexibility index (Phi) is 5.27. The van der Waals surface area contributed by atoms with E-state index in [2.05, 4.69) is 11.1 Å². The fraction of sp³-hybridized carbons (Fsp3) is 0.444. The van der Waals surface area contributed by atoms with E-state index in [1.165, 1.54) is 5.56 Å². The summed E-state index contributed by atoms with van der Waals surface area (Å²) in [6.07, 6.45) is 2.72. The minimum Gasteiger partial charge on any atom is -0.396 e. The van der Waals surface area contributed by atoms with Crippen LogP contribution < -0.4 is 0 Å². The summed E-state index contributed by atoms with van der Waals surface area (Å²) in [4.78, 5) is 4.26. The molecule has 0 aliphatic heterocycles. The van der Waals surface area contributed by atoms with Gasteiger partial charge in [-0.1, -0.05) is 16.9 Å². The van der Waals surface area contributed by atoms with Crippen molar-refractivity contribution in [3.63, 3.8) is 0 Å². The van der Waals surface area contributed by atoms with E-state index in [0.29, 0.717) is 0 Å². The lowest BCUT2D eigenvalue weighted by atomic mass is 10.3. The first-order valence-electron chi connectivity index (χ1n) is 4.16. The van der Waals surface area contributed by atoms with Gasteiger partial charge in [-0.3, -0.25) is 0 Å². The van der Waals surface area contributed by atoms with E-state index >= 15 is 0 Å². The van der Waals surface area contributed by atoms with Crippen LogP contribution >= 0.6 is 21.6 Å². The third kappa shape index (κ3) is 4.55. The molecule has 0 spiro atoms. The molecule has 0 aliphatic rings. The fourth-order valence-corrected chi connectivity index (χ4v) is 2.66. The number of nitrogens with zero attached hydrogens (tertiary/aromatic N) is 1. The molecule has 0 aromatic carbocycles. The van der Waals surface area contributed by atoms with Gasteiger partial charge < -0.3 is 5.11 Å². The Balaban J connectivity index is 2.25. The SMILES string of the molecule is Cc1ccc(SSCCCO)nc1. The molecule has 0 fully saturated rings. The Hall–Kier alpha value is -0.190. The lowest BCUT2D eigenvalue weighted by molar-refractivity contribution is 0.296. The highest BCUT2D eigenvalue weighted by Crippen LogP contribution is 2.29. The average molecular weight is 215 g/mol. The van der Waals surface area contributed by atoms with E-state index in [1.807, 2.05) is 19.2 Å². The summed E-state index contributed by atoms with van der Waals surface area (Å²) in [5.74, 6) is 0.969. The van der Waals surface area contributed by atoms with Crippen molar-refractivity contribution in [2.45, 2.75) is 18.4 Å². The third-order valence-electron chi connectivity index (χ3n) is 1.41. The molecule has 72 valence electrons. The molecule has 1 heterocycles. The van der Waals surface area contributed by atoms with Crippen molar-refractivity contribution in [1.29, 1.82) is 0 Å². The number of rotatable bonds is 5. The van der Waals surface area contributed by atoms with E-state index in [-0.39, 0.29) is 6.61 Å². The van der Waals surface area contributed by atoms with Crippen LogP contribution in [0.4, 0.5) is 0 Å². The zero-order chi connectivity index (χ0) is 9.52. The number of aliphatic hydroxyl groups excluding tert-OH is 1. The molecule has 0 saturated heterocycles. The summed E-state index contributed by atoms with van der Waals surface area (Å²) in [6, 6.07) is 4.08. The Bertz CT molecular complexity index is 238. The smallest absolute Gasteiger partial charge is 0.106 e. The Morgan fingerprint density at radius 3 is 2.92 bits per heavy atom. The summed E-state index contributed by atoms with van der Waals surface area (Å²) in [6.45, 7) is 2.30. The maximum absolute atomic E-state index is 8.56. The molecule has 2 nitrogen and oxygen atoms in total. The van der Waals surface area contributed by atoms with Gasteiger partial charge in [-0.25, -0.2) is 4.98 Å². The standard InChI is InChI=1S/C9H13NOS2/c1-8-3-4-9(10-7-8)13-12-6-2-5-11/h3-4,7,11H,2,5-6H2,1H3.